The molecule has 25 heavy (non-hydrogen) atoms. The van der Waals surface area contributed by atoms with E-state index in [1.54, 1.807) is 32.4 Å². The number of carbonyl (C=O) groups is 1. The Morgan fingerprint density at radius 3 is 2.32 bits per heavy atom. The van der Waals surface area contributed by atoms with Gasteiger partial charge in [0.1, 0.15) is 36.2 Å². The van der Waals surface area contributed by atoms with E-state index in [4.69, 9.17) is 24.1 Å². The number of aryl methyl sites for hydroxylation is 1. The molecule has 0 spiro atoms. The van der Waals surface area contributed by atoms with Gasteiger partial charge in [0.15, 0.2) is 0 Å². The first-order chi connectivity index (χ1) is 12.1. The maximum absolute atomic E-state index is 10.8. The van der Waals surface area contributed by atoms with Crippen molar-refractivity contribution in [1.82, 2.24) is 0 Å². The molecule has 0 aromatic heterocycles. The van der Waals surface area contributed by atoms with Crippen LogP contribution in [-0.4, -0.2) is 38.5 Å². The van der Waals surface area contributed by atoms with Crippen molar-refractivity contribution in [2.45, 2.75) is 12.8 Å². The standard InChI is InChI=1S/C19H22O6/c1-22-15-4-3-5-17(12-15)24-10-11-25-18-13-16(23-2)8-6-14(18)7-9-19(20)21/h3-6,8,12-13H,7,9-11H2,1-2H3,(H,20,21). The van der Waals surface area contributed by atoms with Gasteiger partial charge in [-0.25, -0.2) is 0 Å². The molecule has 0 bridgehead atoms. The molecule has 134 valence electrons. The molecule has 6 nitrogen and oxygen atoms in total. The Bertz CT molecular complexity index is 698. The van der Waals surface area contributed by atoms with Crippen molar-refractivity contribution in [3.63, 3.8) is 0 Å². The molecule has 2 aromatic rings. The summed E-state index contributed by atoms with van der Waals surface area (Å²) in [7, 11) is 3.17. The highest BCUT2D eigenvalue weighted by molar-refractivity contribution is 5.67. The average molecular weight is 346 g/mol. The second-order valence-electron chi connectivity index (χ2n) is 5.24. The van der Waals surface area contributed by atoms with Crippen molar-refractivity contribution in [2.75, 3.05) is 27.4 Å². The fourth-order valence-electron chi connectivity index (χ4n) is 2.25. The molecular weight excluding hydrogens is 324 g/mol. The van der Waals surface area contributed by atoms with E-state index in [1.807, 2.05) is 24.3 Å². The minimum Gasteiger partial charge on any atom is -0.497 e. The monoisotopic (exact) mass is 346 g/mol. The second-order valence-corrected chi connectivity index (χ2v) is 5.24. The first-order valence-corrected chi connectivity index (χ1v) is 7.90. The summed E-state index contributed by atoms with van der Waals surface area (Å²) in [6, 6.07) is 12.7. The summed E-state index contributed by atoms with van der Waals surface area (Å²) in [6.45, 7) is 0.674. The van der Waals surface area contributed by atoms with Gasteiger partial charge in [0.05, 0.1) is 14.2 Å². The zero-order chi connectivity index (χ0) is 18.1. The summed E-state index contributed by atoms with van der Waals surface area (Å²) in [5, 5.41) is 8.85. The van der Waals surface area contributed by atoms with Gasteiger partial charge >= 0.3 is 5.97 Å². The van der Waals surface area contributed by atoms with Crippen LogP contribution in [0.2, 0.25) is 0 Å². The number of aliphatic carboxylic acids is 1. The van der Waals surface area contributed by atoms with Crippen molar-refractivity contribution in [3.05, 3.63) is 48.0 Å². The first-order valence-electron chi connectivity index (χ1n) is 7.90. The number of hydrogen-bond acceptors (Lipinski definition) is 5. The Morgan fingerprint density at radius 1 is 0.920 bits per heavy atom. The highest BCUT2D eigenvalue weighted by atomic mass is 16.5. The van der Waals surface area contributed by atoms with Crippen LogP contribution < -0.4 is 18.9 Å². The van der Waals surface area contributed by atoms with Gasteiger partial charge in [-0.05, 0) is 30.2 Å². The largest absolute Gasteiger partial charge is 0.497 e. The molecule has 2 aromatic carbocycles. The fraction of sp³-hybridized carbons (Fsp3) is 0.316. The normalized spacial score (nSPS) is 10.2. The highest BCUT2D eigenvalue weighted by Crippen LogP contribution is 2.26. The Balaban J connectivity index is 1.92. The van der Waals surface area contributed by atoms with Crippen molar-refractivity contribution < 1.29 is 28.8 Å². The molecule has 0 amide bonds. The number of methoxy groups -OCH3 is 2. The molecule has 0 atom stereocenters. The van der Waals surface area contributed by atoms with Crippen LogP contribution >= 0.6 is 0 Å². The van der Waals surface area contributed by atoms with E-state index in [0.717, 1.165) is 11.3 Å². The topological polar surface area (TPSA) is 74.2 Å². The van der Waals surface area contributed by atoms with Crippen LogP contribution in [0.25, 0.3) is 0 Å². The molecule has 0 aliphatic rings. The molecule has 2 rings (SSSR count). The molecule has 0 aliphatic heterocycles. The van der Waals surface area contributed by atoms with E-state index in [0.29, 0.717) is 36.9 Å². The number of ether oxygens (including phenoxy) is 4. The van der Waals surface area contributed by atoms with Crippen molar-refractivity contribution in [1.29, 1.82) is 0 Å². The molecule has 0 heterocycles. The van der Waals surface area contributed by atoms with Crippen LogP contribution in [-0.2, 0) is 11.2 Å². The summed E-state index contributed by atoms with van der Waals surface area (Å²) < 4.78 is 21.7. The Kier molecular flexibility index (Phi) is 6.95. The molecule has 0 saturated heterocycles. The van der Waals surface area contributed by atoms with E-state index >= 15 is 0 Å². The molecule has 0 unspecified atom stereocenters. The summed E-state index contributed by atoms with van der Waals surface area (Å²) in [4.78, 5) is 10.8. The minimum atomic E-state index is -0.844. The number of benzene rings is 2. The number of hydrogen-bond donors (Lipinski definition) is 1. The molecule has 0 radical (unpaired) electrons. The number of carboxylic acids is 1. The van der Waals surface area contributed by atoms with Crippen LogP contribution in [0.3, 0.4) is 0 Å². The van der Waals surface area contributed by atoms with Gasteiger partial charge in [-0.2, -0.15) is 0 Å². The maximum atomic E-state index is 10.8. The molecule has 6 heteroatoms. The summed E-state index contributed by atoms with van der Waals surface area (Å²) in [6.07, 6.45) is 0.439. The molecule has 0 aliphatic carbocycles. The lowest BCUT2D eigenvalue weighted by Gasteiger charge is -2.13. The van der Waals surface area contributed by atoms with E-state index in [2.05, 4.69) is 0 Å². The predicted octanol–water partition coefficient (Wildman–Crippen LogP) is 3.18. The van der Waals surface area contributed by atoms with Crippen molar-refractivity contribution >= 4 is 5.97 Å². The van der Waals surface area contributed by atoms with Crippen LogP contribution in [0.1, 0.15) is 12.0 Å². The van der Waals surface area contributed by atoms with Gasteiger partial charge in [-0.3, -0.25) is 4.79 Å². The van der Waals surface area contributed by atoms with Gasteiger partial charge < -0.3 is 24.1 Å². The van der Waals surface area contributed by atoms with Gasteiger partial charge in [-0.15, -0.1) is 0 Å². The summed E-state index contributed by atoms with van der Waals surface area (Å²) >= 11 is 0. The quantitative estimate of drug-likeness (QED) is 0.666. The summed E-state index contributed by atoms with van der Waals surface area (Å²) in [5.41, 5.74) is 0.824. The second kappa shape index (κ2) is 9.42. The Morgan fingerprint density at radius 2 is 1.60 bits per heavy atom. The van der Waals surface area contributed by atoms with Gasteiger partial charge in [-0.1, -0.05) is 12.1 Å². The van der Waals surface area contributed by atoms with Crippen LogP contribution in [0, 0.1) is 0 Å². The minimum absolute atomic E-state index is 0.0446. The predicted molar refractivity (Wildman–Crippen MR) is 92.9 cm³/mol. The average Bonchev–Trinajstić information content (AvgIpc) is 2.64. The van der Waals surface area contributed by atoms with Gasteiger partial charge in [0, 0.05) is 18.6 Å². The summed E-state index contributed by atoms with van der Waals surface area (Å²) in [5.74, 6) is 1.84. The van der Waals surface area contributed by atoms with Crippen molar-refractivity contribution in [2.24, 2.45) is 0 Å². The van der Waals surface area contributed by atoms with E-state index in [1.165, 1.54) is 0 Å². The zero-order valence-electron chi connectivity index (χ0n) is 14.4. The molecule has 0 fully saturated rings. The third-order valence-electron chi connectivity index (χ3n) is 3.53. The first kappa shape index (κ1) is 18.4. The lowest BCUT2D eigenvalue weighted by atomic mass is 10.1. The Hall–Kier alpha value is -2.89. The van der Waals surface area contributed by atoms with Crippen LogP contribution in [0.15, 0.2) is 42.5 Å². The number of rotatable bonds is 10. The van der Waals surface area contributed by atoms with Gasteiger partial charge in [0.25, 0.3) is 0 Å². The lowest BCUT2D eigenvalue weighted by Crippen LogP contribution is -2.10. The van der Waals surface area contributed by atoms with Crippen LogP contribution in [0.4, 0.5) is 0 Å². The maximum Gasteiger partial charge on any atom is 0.303 e. The van der Waals surface area contributed by atoms with Crippen LogP contribution in [0.5, 0.6) is 23.0 Å². The number of carboxylic acid groups (broad SMARTS) is 1. The Labute approximate surface area is 146 Å². The fourth-order valence-corrected chi connectivity index (χ4v) is 2.25. The van der Waals surface area contributed by atoms with Gasteiger partial charge in [0.2, 0.25) is 0 Å². The molecular formula is C19H22O6. The zero-order valence-corrected chi connectivity index (χ0v) is 14.4. The van der Waals surface area contributed by atoms with E-state index in [-0.39, 0.29) is 6.42 Å². The SMILES string of the molecule is COc1cccc(OCCOc2cc(OC)ccc2CCC(=O)O)c1. The van der Waals surface area contributed by atoms with E-state index < -0.39 is 5.97 Å². The van der Waals surface area contributed by atoms with Crippen molar-refractivity contribution in [3.8, 4) is 23.0 Å². The highest BCUT2D eigenvalue weighted by Gasteiger charge is 2.08. The third kappa shape index (κ3) is 5.91. The third-order valence-corrected chi connectivity index (χ3v) is 3.53. The van der Waals surface area contributed by atoms with E-state index in [9.17, 15) is 4.79 Å². The molecule has 1 N–H and O–H groups in total. The molecule has 0 saturated carbocycles. The smallest absolute Gasteiger partial charge is 0.303 e. The lowest BCUT2D eigenvalue weighted by molar-refractivity contribution is -0.136.